The third-order valence-corrected chi connectivity index (χ3v) is 2.54. The van der Waals surface area contributed by atoms with Crippen LogP contribution in [0.4, 0.5) is 11.5 Å². The van der Waals surface area contributed by atoms with Crippen molar-refractivity contribution in [1.82, 2.24) is 4.98 Å². The molecule has 0 unspecified atom stereocenters. The van der Waals surface area contributed by atoms with Crippen molar-refractivity contribution in [2.45, 2.75) is 12.8 Å². The maximum Gasteiger partial charge on any atom is 0.225 e. The Balaban J connectivity index is 1.86. The van der Waals surface area contributed by atoms with Crippen LogP contribution in [0.25, 0.3) is 0 Å². The molecule has 0 aliphatic carbocycles. The van der Waals surface area contributed by atoms with E-state index < -0.39 is 0 Å². The predicted molar refractivity (Wildman–Crippen MR) is 72.0 cm³/mol. The molecular weight excluding hydrogens is 226 g/mol. The number of rotatable bonds is 4. The number of benzene rings is 1. The van der Waals surface area contributed by atoms with Gasteiger partial charge in [-0.25, -0.2) is 4.98 Å². The van der Waals surface area contributed by atoms with Gasteiger partial charge in [0.05, 0.1) is 0 Å². The van der Waals surface area contributed by atoms with Crippen molar-refractivity contribution in [3.05, 3.63) is 54.2 Å². The van der Waals surface area contributed by atoms with Crippen molar-refractivity contribution in [2.24, 2.45) is 0 Å². The number of anilines is 2. The van der Waals surface area contributed by atoms with E-state index in [9.17, 15) is 4.79 Å². The normalized spacial score (nSPS) is 10.0. The number of nitrogens with two attached hydrogens (primary N) is 1. The number of hydrogen-bond acceptors (Lipinski definition) is 3. The van der Waals surface area contributed by atoms with Gasteiger partial charge >= 0.3 is 0 Å². The fourth-order valence-corrected chi connectivity index (χ4v) is 1.62. The molecule has 18 heavy (non-hydrogen) atoms. The summed E-state index contributed by atoms with van der Waals surface area (Å²) < 4.78 is 0. The summed E-state index contributed by atoms with van der Waals surface area (Å²) >= 11 is 0. The molecule has 0 radical (unpaired) electrons. The second kappa shape index (κ2) is 5.82. The molecule has 1 aromatic carbocycles. The van der Waals surface area contributed by atoms with Gasteiger partial charge in [-0.3, -0.25) is 4.79 Å². The highest BCUT2D eigenvalue weighted by molar-refractivity contribution is 5.90. The van der Waals surface area contributed by atoms with Crippen molar-refractivity contribution in [1.29, 1.82) is 0 Å². The number of nitrogens with one attached hydrogen (secondary N) is 1. The lowest BCUT2D eigenvalue weighted by atomic mass is 10.1. The zero-order valence-corrected chi connectivity index (χ0v) is 9.97. The van der Waals surface area contributed by atoms with E-state index in [-0.39, 0.29) is 5.91 Å². The summed E-state index contributed by atoms with van der Waals surface area (Å²) in [5.74, 6) is 0.435. The molecule has 1 heterocycles. The Morgan fingerprint density at radius 3 is 2.72 bits per heavy atom. The summed E-state index contributed by atoms with van der Waals surface area (Å²) in [6.07, 6.45) is 2.72. The second-order valence-corrected chi connectivity index (χ2v) is 4.01. The number of carbonyl (C=O) groups is 1. The number of aryl methyl sites for hydroxylation is 1. The van der Waals surface area contributed by atoms with E-state index in [0.717, 1.165) is 12.0 Å². The number of pyridine rings is 1. The van der Waals surface area contributed by atoms with E-state index in [1.807, 2.05) is 30.3 Å². The molecule has 4 nitrogen and oxygen atoms in total. The first-order valence-electron chi connectivity index (χ1n) is 5.79. The van der Waals surface area contributed by atoms with Crippen molar-refractivity contribution in [3.8, 4) is 0 Å². The van der Waals surface area contributed by atoms with Crippen molar-refractivity contribution in [3.63, 3.8) is 0 Å². The van der Waals surface area contributed by atoms with Gasteiger partial charge in [-0.05, 0) is 18.1 Å². The zero-order chi connectivity index (χ0) is 12.8. The minimum absolute atomic E-state index is 0.0584. The minimum Gasteiger partial charge on any atom is -0.399 e. The molecule has 2 aromatic rings. The molecule has 1 amide bonds. The Kier molecular flexibility index (Phi) is 3.91. The number of hydrogen-bond donors (Lipinski definition) is 2. The zero-order valence-electron chi connectivity index (χ0n) is 9.97. The summed E-state index contributed by atoms with van der Waals surface area (Å²) in [5.41, 5.74) is 7.34. The number of carbonyl (C=O) groups excluding carboxylic acids is 1. The Morgan fingerprint density at radius 1 is 1.22 bits per heavy atom. The minimum atomic E-state index is -0.0584. The summed E-state index contributed by atoms with van der Waals surface area (Å²) in [6.45, 7) is 0. The lowest BCUT2D eigenvalue weighted by molar-refractivity contribution is -0.116. The molecule has 92 valence electrons. The van der Waals surface area contributed by atoms with Crippen LogP contribution in [-0.2, 0) is 11.2 Å². The van der Waals surface area contributed by atoms with Gasteiger partial charge in [0.2, 0.25) is 5.91 Å². The topological polar surface area (TPSA) is 68.0 Å². The van der Waals surface area contributed by atoms with Crippen molar-refractivity contribution < 1.29 is 4.79 Å². The molecule has 0 spiro atoms. The number of nitrogen functional groups attached to an aromatic ring is 1. The molecule has 2 rings (SSSR count). The molecule has 0 saturated heterocycles. The highest BCUT2D eigenvalue weighted by atomic mass is 16.1. The molecule has 3 N–H and O–H groups in total. The third kappa shape index (κ3) is 3.59. The SMILES string of the molecule is Nc1ccnc(NC(=O)CCc2ccccc2)c1. The van der Waals surface area contributed by atoms with Crippen LogP contribution >= 0.6 is 0 Å². The lowest BCUT2D eigenvalue weighted by Crippen LogP contribution is -2.13. The van der Waals surface area contributed by atoms with Gasteiger partial charge in [0.25, 0.3) is 0 Å². The van der Waals surface area contributed by atoms with Crippen molar-refractivity contribution >= 4 is 17.4 Å². The third-order valence-electron chi connectivity index (χ3n) is 2.54. The standard InChI is InChI=1S/C14H15N3O/c15-12-8-9-16-13(10-12)17-14(18)7-6-11-4-2-1-3-5-11/h1-5,8-10H,6-7H2,(H3,15,16,17,18). The molecule has 0 aliphatic heterocycles. The maximum absolute atomic E-state index is 11.7. The second-order valence-electron chi connectivity index (χ2n) is 4.01. The van der Waals surface area contributed by atoms with Gasteiger partial charge in [0, 0.05) is 24.4 Å². The summed E-state index contributed by atoms with van der Waals surface area (Å²) in [6, 6.07) is 13.2. The van der Waals surface area contributed by atoms with Crippen LogP contribution < -0.4 is 11.1 Å². The molecule has 1 aromatic heterocycles. The quantitative estimate of drug-likeness (QED) is 0.862. The van der Waals surface area contributed by atoms with Crippen LogP contribution in [0.1, 0.15) is 12.0 Å². The maximum atomic E-state index is 11.7. The van der Waals surface area contributed by atoms with E-state index in [2.05, 4.69) is 10.3 Å². The van der Waals surface area contributed by atoms with Gasteiger partial charge in [-0.15, -0.1) is 0 Å². The van der Waals surface area contributed by atoms with E-state index in [0.29, 0.717) is 17.9 Å². The highest BCUT2D eigenvalue weighted by Gasteiger charge is 2.03. The first-order chi connectivity index (χ1) is 8.74. The molecule has 0 atom stereocenters. The van der Waals surface area contributed by atoms with Crippen LogP contribution in [0.3, 0.4) is 0 Å². The van der Waals surface area contributed by atoms with Crippen LogP contribution in [0, 0.1) is 0 Å². The largest absolute Gasteiger partial charge is 0.399 e. The summed E-state index contributed by atoms with van der Waals surface area (Å²) in [5, 5.41) is 2.72. The van der Waals surface area contributed by atoms with E-state index >= 15 is 0 Å². The Labute approximate surface area is 106 Å². The summed E-state index contributed by atoms with van der Waals surface area (Å²) in [4.78, 5) is 15.7. The van der Waals surface area contributed by atoms with Gasteiger partial charge in [-0.2, -0.15) is 0 Å². The summed E-state index contributed by atoms with van der Waals surface area (Å²) in [7, 11) is 0. The molecule has 4 heteroatoms. The van der Waals surface area contributed by atoms with E-state index in [1.165, 1.54) is 0 Å². The molecular formula is C14H15N3O. The van der Waals surface area contributed by atoms with Gasteiger partial charge < -0.3 is 11.1 Å². The molecule has 0 fully saturated rings. The molecule has 0 bridgehead atoms. The molecule has 0 aliphatic rings. The van der Waals surface area contributed by atoms with E-state index in [1.54, 1.807) is 18.3 Å². The van der Waals surface area contributed by atoms with Gasteiger partial charge in [0.15, 0.2) is 0 Å². The fraction of sp³-hybridized carbons (Fsp3) is 0.143. The van der Waals surface area contributed by atoms with Crippen LogP contribution in [0.15, 0.2) is 48.7 Å². The first kappa shape index (κ1) is 12.1. The fourth-order valence-electron chi connectivity index (χ4n) is 1.62. The Morgan fingerprint density at radius 2 is 2.00 bits per heavy atom. The molecule has 0 saturated carbocycles. The van der Waals surface area contributed by atoms with Crippen LogP contribution in [0.2, 0.25) is 0 Å². The first-order valence-corrected chi connectivity index (χ1v) is 5.79. The number of nitrogens with zero attached hydrogens (tertiary/aromatic N) is 1. The predicted octanol–water partition coefficient (Wildman–Crippen LogP) is 2.24. The van der Waals surface area contributed by atoms with Crippen LogP contribution in [0.5, 0.6) is 0 Å². The monoisotopic (exact) mass is 241 g/mol. The Bertz CT molecular complexity index is 526. The van der Waals surface area contributed by atoms with Crippen molar-refractivity contribution in [2.75, 3.05) is 11.1 Å². The van der Waals surface area contributed by atoms with Gasteiger partial charge in [0.1, 0.15) is 5.82 Å². The van der Waals surface area contributed by atoms with E-state index in [4.69, 9.17) is 5.73 Å². The Hall–Kier alpha value is -2.36. The average Bonchev–Trinajstić information content (AvgIpc) is 2.38. The van der Waals surface area contributed by atoms with Gasteiger partial charge in [-0.1, -0.05) is 30.3 Å². The van der Waals surface area contributed by atoms with Crippen LogP contribution in [-0.4, -0.2) is 10.9 Å². The lowest BCUT2D eigenvalue weighted by Gasteiger charge is -2.05. The number of aromatic nitrogens is 1. The highest BCUT2D eigenvalue weighted by Crippen LogP contribution is 2.09. The number of amides is 1. The average molecular weight is 241 g/mol. The smallest absolute Gasteiger partial charge is 0.225 e.